The van der Waals surface area contributed by atoms with E-state index in [-0.39, 0.29) is 0 Å². The molecule has 0 N–H and O–H groups in total. The van der Waals surface area contributed by atoms with E-state index < -0.39 is 0 Å². The van der Waals surface area contributed by atoms with E-state index in [9.17, 15) is 0 Å². The van der Waals surface area contributed by atoms with Crippen LogP contribution in [0.2, 0.25) is 0 Å². The third-order valence-corrected chi connectivity index (χ3v) is 0.606. The first kappa shape index (κ1) is 3.81. The zero-order chi connectivity index (χ0) is 4.24. The lowest BCUT2D eigenvalue weighted by Crippen LogP contribution is -1.96. The van der Waals surface area contributed by atoms with Crippen molar-refractivity contribution in [3.05, 3.63) is 6.73 Å². The maximum Gasteiger partial charge on any atom is 0.194 e. The Morgan fingerprint density at radius 1 is 1.67 bits per heavy atom. The summed E-state index contributed by atoms with van der Waals surface area (Å²) >= 11 is 0. The number of nitrogens with zero attached hydrogens (tertiary/aromatic N) is 1. The maximum absolute atomic E-state index is 4.75. The van der Waals surface area contributed by atoms with Crippen LogP contribution in [0, 0.1) is 6.73 Å². The van der Waals surface area contributed by atoms with Crippen LogP contribution in [-0.4, -0.2) is 12.8 Å². The van der Waals surface area contributed by atoms with Crippen LogP contribution < -0.4 is 0 Å². The molecule has 1 heterocycles. The van der Waals surface area contributed by atoms with E-state index in [1.807, 2.05) is 6.21 Å². The number of ether oxygens (including phenoxy) is 1. The molecular weight excluding hydrogens is 78.0 g/mol. The first-order valence-corrected chi connectivity index (χ1v) is 1.95. The molecule has 2 heteroatoms. The molecule has 1 aliphatic rings. The zero-order valence-corrected chi connectivity index (χ0v) is 3.42. The van der Waals surface area contributed by atoms with Crippen LogP contribution in [0.25, 0.3) is 0 Å². The topological polar surface area (TPSA) is 21.6 Å². The molecule has 0 aromatic rings. The molecule has 0 atom stereocenters. The number of hydrogen-bond acceptors (Lipinski definition) is 2. The summed E-state index contributed by atoms with van der Waals surface area (Å²) in [5.41, 5.74) is 0. The molecule has 0 fully saturated rings. The molecule has 0 saturated carbocycles. The Hall–Kier alpha value is -0.370. The lowest BCUT2D eigenvalue weighted by molar-refractivity contribution is 0.201. The molecule has 33 valence electrons. The molecule has 2 nitrogen and oxygen atoms in total. The van der Waals surface area contributed by atoms with Gasteiger partial charge in [-0.1, -0.05) is 0 Å². The highest BCUT2D eigenvalue weighted by atomic mass is 16.5. The van der Waals surface area contributed by atoms with Crippen LogP contribution in [0.5, 0.6) is 0 Å². The van der Waals surface area contributed by atoms with Crippen LogP contribution in [0.15, 0.2) is 4.99 Å². The molecule has 1 rings (SSSR count). The van der Waals surface area contributed by atoms with Gasteiger partial charge < -0.3 is 4.74 Å². The van der Waals surface area contributed by atoms with Gasteiger partial charge in [0.2, 0.25) is 0 Å². The minimum Gasteiger partial charge on any atom is -0.352 e. The first-order chi connectivity index (χ1) is 3.00. The van der Waals surface area contributed by atoms with Crippen LogP contribution in [0.1, 0.15) is 6.42 Å². The van der Waals surface area contributed by atoms with Gasteiger partial charge in [-0.3, -0.25) is 4.99 Å². The second-order valence-electron chi connectivity index (χ2n) is 1.10. The predicted molar refractivity (Wildman–Crippen MR) is 23.4 cm³/mol. The third-order valence-electron chi connectivity index (χ3n) is 0.606. The zero-order valence-electron chi connectivity index (χ0n) is 3.42. The molecule has 1 radical (unpaired) electrons. The van der Waals surface area contributed by atoms with Crippen LogP contribution in [-0.2, 0) is 4.74 Å². The standard InChI is InChI=1S/C4H6NO/c1-2-5-4-6-3-1/h2,4H,1,3H2. The fourth-order valence-corrected chi connectivity index (χ4v) is 0.334. The summed E-state index contributed by atoms with van der Waals surface area (Å²) in [4.78, 5) is 3.70. The lowest BCUT2D eigenvalue weighted by Gasteiger charge is -1.99. The van der Waals surface area contributed by atoms with Crippen molar-refractivity contribution in [3.63, 3.8) is 0 Å². The quantitative estimate of drug-likeness (QED) is 0.421. The van der Waals surface area contributed by atoms with Crippen molar-refractivity contribution in [1.29, 1.82) is 0 Å². The Kier molecular flexibility index (Phi) is 1.22. The van der Waals surface area contributed by atoms with E-state index in [0.717, 1.165) is 13.0 Å². The van der Waals surface area contributed by atoms with Gasteiger partial charge in [-0.2, -0.15) is 0 Å². The molecule has 0 spiro atoms. The molecule has 0 aliphatic carbocycles. The fourth-order valence-electron chi connectivity index (χ4n) is 0.334. The SMILES string of the molecule is [CH]1N=CCCO1. The van der Waals surface area contributed by atoms with Crippen LogP contribution in [0.4, 0.5) is 0 Å². The molecule has 6 heavy (non-hydrogen) atoms. The highest BCUT2D eigenvalue weighted by Gasteiger charge is 1.87. The van der Waals surface area contributed by atoms with E-state index in [1.54, 1.807) is 0 Å². The second-order valence-corrected chi connectivity index (χ2v) is 1.10. The number of aliphatic imine (C=N–C) groups is 1. The highest BCUT2D eigenvalue weighted by molar-refractivity contribution is 5.58. The van der Waals surface area contributed by atoms with Crippen molar-refractivity contribution >= 4 is 6.21 Å². The monoisotopic (exact) mass is 84.0 g/mol. The Balaban J connectivity index is 2.26. The van der Waals surface area contributed by atoms with Crippen molar-refractivity contribution in [2.24, 2.45) is 4.99 Å². The number of hydrogen-bond donors (Lipinski definition) is 0. The predicted octanol–water partition coefficient (Wildman–Crippen LogP) is 0.597. The molecule has 0 unspecified atom stereocenters. The molecule has 0 aromatic heterocycles. The smallest absolute Gasteiger partial charge is 0.194 e. The minimum atomic E-state index is 0.795. The highest BCUT2D eigenvalue weighted by Crippen LogP contribution is 1.90. The van der Waals surface area contributed by atoms with Gasteiger partial charge >= 0.3 is 0 Å². The average molecular weight is 84.1 g/mol. The van der Waals surface area contributed by atoms with Gasteiger partial charge in [-0.05, 0) is 0 Å². The van der Waals surface area contributed by atoms with E-state index in [1.165, 1.54) is 6.73 Å². The van der Waals surface area contributed by atoms with Gasteiger partial charge in [0.1, 0.15) is 0 Å². The fraction of sp³-hybridized carbons (Fsp3) is 0.500. The third kappa shape index (κ3) is 0.792. The van der Waals surface area contributed by atoms with Crippen molar-refractivity contribution in [2.45, 2.75) is 6.42 Å². The molecule has 0 bridgehead atoms. The molecule has 0 amide bonds. The minimum absolute atomic E-state index is 0.795. The Morgan fingerprint density at radius 3 is 2.83 bits per heavy atom. The van der Waals surface area contributed by atoms with Gasteiger partial charge in [-0.25, -0.2) is 0 Å². The summed E-state index contributed by atoms with van der Waals surface area (Å²) in [7, 11) is 0. The van der Waals surface area contributed by atoms with Crippen molar-refractivity contribution in [2.75, 3.05) is 6.61 Å². The van der Waals surface area contributed by atoms with E-state index in [2.05, 4.69) is 4.99 Å². The van der Waals surface area contributed by atoms with Crippen molar-refractivity contribution < 1.29 is 4.74 Å². The summed E-state index contributed by atoms with van der Waals surface area (Å²) in [6, 6.07) is 0. The molecule has 1 aliphatic heterocycles. The molecule has 0 aromatic carbocycles. The summed E-state index contributed by atoms with van der Waals surface area (Å²) < 4.78 is 4.75. The summed E-state index contributed by atoms with van der Waals surface area (Å²) in [5, 5.41) is 0. The van der Waals surface area contributed by atoms with Crippen LogP contribution in [0.3, 0.4) is 0 Å². The lowest BCUT2D eigenvalue weighted by atomic mass is 10.5. The summed E-state index contributed by atoms with van der Waals surface area (Å²) in [5.74, 6) is 0. The first-order valence-electron chi connectivity index (χ1n) is 1.95. The van der Waals surface area contributed by atoms with E-state index >= 15 is 0 Å². The van der Waals surface area contributed by atoms with E-state index in [4.69, 9.17) is 4.74 Å². The Bertz CT molecular complexity index is 52.6. The Morgan fingerprint density at radius 2 is 2.67 bits per heavy atom. The van der Waals surface area contributed by atoms with E-state index in [0.29, 0.717) is 0 Å². The van der Waals surface area contributed by atoms with Crippen molar-refractivity contribution in [3.8, 4) is 0 Å². The van der Waals surface area contributed by atoms with Gasteiger partial charge in [-0.15, -0.1) is 0 Å². The van der Waals surface area contributed by atoms with Gasteiger partial charge in [0, 0.05) is 12.6 Å². The van der Waals surface area contributed by atoms with Crippen molar-refractivity contribution in [1.82, 2.24) is 0 Å². The normalized spacial score (nSPS) is 21.3. The van der Waals surface area contributed by atoms with Gasteiger partial charge in [0.05, 0.1) is 6.61 Å². The number of rotatable bonds is 0. The van der Waals surface area contributed by atoms with Gasteiger partial charge in [0.15, 0.2) is 6.73 Å². The van der Waals surface area contributed by atoms with Crippen LogP contribution >= 0.6 is 0 Å². The Labute approximate surface area is 36.8 Å². The van der Waals surface area contributed by atoms with Gasteiger partial charge in [0.25, 0.3) is 0 Å². The molecule has 0 saturated heterocycles. The molecular formula is C4H6NO. The average Bonchev–Trinajstić information content (AvgIpc) is 1.72. The summed E-state index contributed by atoms with van der Waals surface area (Å²) in [6.07, 6.45) is 2.79. The second kappa shape index (κ2) is 1.92. The largest absolute Gasteiger partial charge is 0.352 e. The summed E-state index contributed by atoms with van der Waals surface area (Å²) in [6.45, 7) is 2.26. The maximum atomic E-state index is 4.75.